The minimum atomic E-state index is -2.22. The molecule has 0 atom stereocenters. The summed E-state index contributed by atoms with van der Waals surface area (Å²) >= 11 is 0. The van der Waals surface area contributed by atoms with Gasteiger partial charge in [-0.05, 0) is 36.4 Å². The zero-order valence-electron chi connectivity index (χ0n) is 16.9. The average Bonchev–Trinajstić information content (AvgIpc) is 3.33. The Labute approximate surface area is 193 Å². The van der Waals surface area contributed by atoms with Gasteiger partial charge in [0.25, 0.3) is 0 Å². The SMILES string of the molecule is O=C(C[P+](c1ccccc1)(c1ccccc1)c1ccccc1)OCCc1cn[nH]n1.[Br-]. The monoisotopic (exact) mass is 495 g/mol. The van der Waals surface area contributed by atoms with Crippen LogP contribution in [-0.2, 0) is 16.0 Å². The van der Waals surface area contributed by atoms with E-state index < -0.39 is 7.26 Å². The largest absolute Gasteiger partial charge is 1.00 e. The number of aromatic nitrogens is 3. The maximum absolute atomic E-state index is 13.1. The fourth-order valence-corrected chi connectivity index (χ4v) is 7.59. The maximum atomic E-state index is 13.1. The first-order valence-electron chi connectivity index (χ1n) is 9.84. The van der Waals surface area contributed by atoms with Gasteiger partial charge in [-0.15, -0.1) is 0 Å². The lowest BCUT2D eigenvalue weighted by Gasteiger charge is -2.26. The number of nitrogens with zero attached hydrogens (tertiary/aromatic N) is 2. The van der Waals surface area contributed by atoms with Crippen molar-refractivity contribution in [2.45, 2.75) is 6.42 Å². The van der Waals surface area contributed by atoms with Crippen LogP contribution in [0.3, 0.4) is 0 Å². The van der Waals surface area contributed by atoms with Crippen molar-refractivity contribution in [2.24, 2.45) is 0 Å². The Morgan fingerprint density at radius 3 is 1.71 bits per heavy atom. The first-order valence-corrected chi connectivity index (χ1v) is 11.8. The summed E-state index contributed by atoms with van der Waals surface area (Å²) in [4.78, 5) is 13.1. The number of rotatable bonds is 8. The predicted molar refractivity (Wildman–Crippen MR) is 121 cm³/mol. The Balaban J connectivity index is 0.00000272. The molecule has 0 bridgehead atoms. The van der Waals surface area contributed by atoms with Crippen molar-refractivity contribution in [1.29, 1.82) is 0 Å². The number of aromatic amines is 1. The molecule has 158 valence electrons. The molecule has 1 heterocycles. The standard InChI is InChI=1S/C24H23N3O2P.BrH/c28-24(29-17-16-20-18-25-27-26-20)19-30(21-10-4-1-5-11-21,22-12-6-2-7-13-22)23-14-8-3-9-15-23;/h1-15,18H,16-17,19H2,(H,25,26,27);1H/q+1;/p-1. The number of carbonyl (C=O) groups is 1. The summed E-state index contributed by atoms with van der Waals surface area (Å²) in [5.74, 6) is -0.205. The normalized spacial score (nSPS) is 10.8. The molecule has 0 spiro atoms. The van der Waals surface area contributed by atoms with Crippen molar-refractivity contribution >= 4 is 29.1 Å². The van der Waals surface area contributed by atoms with E-state index in [9.17, 15) is 4.79 Å². The predicted octanol–water partition coefficient (Wildman–Crippen LogP) is -0.111. The molecule has 0 amide bonds. The van der Waals surface area contributed by atoms with E-state index in [1.807, 2.05) is 54.6 Å². The van der Waals surface area contributed by atoms with Crippen LogP contribution < -0.4 is 32.9 Å². The van der Waals surface area contributed by atoms with Crippen LogP contribution >= 0.6 is 7.26 Å². The molecule has 0 radical (unpaired) electrons. The summed E-state index contributed by atoms with van der Waals surface area (Å²) in [6.45, 7) is 0.281. The molecule has 0 saturated heterocycles. The molecule has 0 aliphatic carbocycles. The molecule has 0 saturated carbocycles. The fourth-order valence-electron chi connectivity index (χ4n) is 3.62. The van der Waals surface area contributed by atoms with Crippen LogP contribution in [0.15, 0.2) is 97.2 Å². The molecule has 5 nitrogen and oxygen atoms in total. The number of ether oxygens (including phenoxy) is 1. The fraction of sp³-hybridized carbons (Fsp3) is 0.125. The maximum Gasteiger partial charge on any atom is 0.345 e. The second-order valence-corrected chi connectivity index (χ2v) is 10.4. The van der Waals surface area contributed by atoms with Gasteiger partial charge in [-0.25, -0.2) is 4.79 Å². The minimum Gasteiger partial charge on any atom is -1.00 e. The van der Waals surface area contributed by atoms with Crippen molar-refractivity contribution in [2.75, 3.05) is 12.8 Å². The highest BCUT2D eigenvalue weighted by molar-refractivity contribution is 7.96. The quantitative estimate of drug-likeness (QED) is 0.273. The summed E-state index contributed by atoms with van der Waals surface area (Å²) in [7, 11) is -2.22. The number of halogens is 1. The van der Waals surface area contributed by atoms with E-state index in [0.29, 0.717) is 12.6 Å². The van der Waals surface area contributed by atoms with E-state index in [-0.39, 0.29) is 29.6 Å². The molecular formula is C24H23BrN3O2P. The average molecular weight is 496 g/mol. The Morgan fingerprint density at radius 1 is 0.806 bits per heavy atom. The van der Waals surface area contributed by atoms with Crippen LogP contribution in [0.5, 0.6) is 0 Å². The lowest BCUT2D eigenvalue weighted by molar-refractivity contribution is -0.140. The Bertz CT molecular complexity index is 965. The molecule has 1 aromatic heterocycles. The Morgan fingerprint density at radius 2 is 1.29 bits per heavy atom. The minimum absolute atomic E-state index is 0. The lowest BCUT2D eigenvalue weighted by Crippen LogP contribution is -3.00. The van der Waals surface area contributed by atoms with Crippen molar-refractivity contribution in [3.05, 3.63) is 103 Å². The van der Waals surface area contributed by atoms with E-state index in [1.54, 1.807) is 6.20 Å². The lowest BCUT2D eigenvalue weighted by atomic mass is 10.3. The van der Waals surface area contributed by atoms with Crippen molar-refractivity contribution < 1.29 is 26.5 Å². The summed E-state index contributed by atoms with van der Waals surface area (Å²) in [6, 6.07) is 30.9. The van der Waals surface area contributed by atoms with E-state index >= 15 is 0 Å². The van der Waals surface area contributed by atoms with Gasteiger partial charge in [-0.2, -0.15) is 15.4 Å². The third-order valence-corrected chi connectivity index (χ3v) is 9.31. The topological polar surface area (TPSA) is 67.9 Å². The Hall–Kier alpha value is -2.82. The highest BCUT2D eigenvalue weighted by Gasteiger charge is 2.47. The number of benzene rings is 3. The third kappa shape index (κ3) is 5.27. The molecule has 3 aromatic carbocycles. The van der Waals surface area contributed by atoms with Crippen LogP contribution in [0.25, 0.3) is 0 Å². The number of hydrogen-bond donors (Lipinski definition) is 1. The van der Waals surface area contributed by atoms with E-state index in [1.165, 1.54) is 0 Å². The van der Waals surface area contributed by atoms with Crippen LogP contribution in [-0.4, -0.2) is 34.1 Å². The van der Waals surface area contributed by atoms with Crippen molar-refractivity contribution in [3.8, 4) is 0 Å². The van der Waals surface area contributed by atoms with Crippen molar-refractivity contribution in [3.63, 3.8) is 0 Å². The summed E-state index contributed by atoms with van der Waals surface area (Å²) in [5.41, 5.74) is 0.776. The second-order valence-electron chi connectivity index (χ2n) is 6.91. The number of nitrogens with one attached hydrogen (secondary N) is 1. The molecule has 0 aliphatic heterocycles. The van der Waals surface area contributed by atoms with Gasteiger partial charge in [0.05, 0.1) is 18.5 Å². The van der Waals surface area contributed by atoms with Gasteiger partial charge in [-0.1, -0.05) is 54.6 Å². The first kappa shape index (κ1) is 22.9. The highest BCUT2D eigenvalue weighted by Crippen LogP contribution is 2.55. The number of hydrogen-bond acceptors (Lipinski definition) is 4. The van der Waals surface area contributed by atoms with Gasteiger partial charge >= 0.3 is 5.97 Å². The van der Waals surface area contributed by atoms with Crippen LogP contribution in [0.1, 0.15) is 5.69 Å². The molecular weight excluding hydrogens is 473 g/mol. The zero-order chi connectivity index (χ0) is 20.7. The van der Waals surface area contributed by atoms with Gasteiger partial charge in [0.15, 0.2) is 6.16 Å². The summed E-state index contributed by atoms with van der Waals surface area (Å²) < 4.78 is 5.64. The number of carbonyl (C=O) groups excluding carboxylic acids is 1. The molecule has 31 heavy (non-hydrogen) atoms. The molecule has 7 heteroatoms. The second kappa shape index (κ2) is 11.0. The summed E-state index contributed by atoms with van der Waals surface area (Å²) in [5, 5.41) is 13.9. The smallest absolute Gasteiger partial charge is 0.345 e. The highest BCUT2D eigenvalue weighted by atomic mass is 79.9. The third-order valence-electron chi connectivity index (χ3n) is 5.04. The van der Waals surface area contributed by atoms with E-state index in [4.69, 9.17) is 4.74 Å². The van der Waals surface area contributed by atoms with Gasteiger partial charge in [0, 0.05) is 6.42 Å². The van der Waals surface area contributed by atoms with Gasteiger partial charge in [0.2, 0.25) is 0 Å². The van der Waals surface area contributed by atoms with Crippen molar-refractivity contribution in [1.82, 2.24) is 15.4 Å². The number of H-pyrrole nitrogens is 1. The van der Waals surface area contributed by atoms with Gasteiger partial charge in [0.1, 0.15) is 23.2 Å². The molecule has 1 N–H and O–H groups in total. The molecule has 4 aromatic rings. The molecule has 0 aliphatic rings. The first-order chi connectivity index (χ1) is 14.8. The number of esters is 1. The molecule has 4 rings (SSSR count). The molecule has 0 unspecified atom stereocenters. The van der Waals surface area contributed by atoms with E-state index in [0.717, 1.165) is 21.6 Å². The van der Waals surface area contributed by atoms with Crippen LogP contribution in [0.2, 0.25) is 0 Å². The Kier molecular flexibility index (Phi) is 8.10. The van der Waals surface area contributed by atoms with Crippen LogP contribution in [0.4, 0.5) is 0 Å². The zero-order valence-corrected chi connectivity index (χ0v) is 19.4. The van der Waals surface area contributed by atoms with E-state index in [2.05, 4.69) is 51.8 Å². The van der Waals surface area contributed by atoms with Crippen LogP contribution in [0, 0.1) is 0 Å². The summed E-state index contributed by atoms with van der Waals surface area (Å²) in [6.07, 6.45) is 2.49. The van der Waals surface area contributed by atoms with Gasteiger partial charge < -0.3 is 21.7 Å². The van der Waals surface area contributed by atoms with Gasteiger partial charge in [-0.3, -0.25) is 0 Å². The molecule has 0 fully saturated rings.